The number of nitrogens with one attached hydrogen (secondary N) is 1. The molecule has 0 amide bonds. The Morgan fingerprint density at radius 2 is 2.17 bits per heavy atom. The lowest BCUT2D eigenvalue weighted by molar-refractivity contribution is 0.567. The van der Waals surface area contributed by atoms with Gasteiger partial charge < -0.3 is 0 Å². The van der Waals surface area contributed by atoms with Gasteiger partial charge in [-0.3, -0.25) is 9.67 Å². The van der Waals surface area contributed by atoms with Gasteiger partial charge in [-0.05, 0) is 19.8 Å². The molecule has 3 N–H and O–H groups in total. The van der Waals surface area contributed by atoms with Gasteiger partial charge in [-0.1, -0.05) is 0 Å². The molecule has 9 heteroatoms. The summed E-state index contributed by atoms with van der Waals surface area (Å²) in [7, 11) is -3.86. The summed E-state index contributed by atoms with van der Waals surface area (Å²) >= 11 is 0. The van der Waals surface area contributed by atoms with E-state index in [0.717, 1.165) is 24.1 Å². The van der Waals surface area contributed by atoms with Gasteiger partial charge in [0.25, 0.3) is 15.2 Å². The van der Waals surface area contributed by atoms with Crippen molar-refractivity contribution in [3.8, 4) is 11.4 Å². The van der Waals surface area contributed by atoms with E-state index in [0.29, 0.717) is 5.82 Å². The van der Waals surface area contributed by atoms with Crippen molar-refractivity contribution in [1.29, 1.82) is 0 Å². The zero-order valence-electron chi connectivity index (χ0n) is 9.66. The monoisotopic (exact) mass is 268 g/mol. The molecule has 3 rings (SSSR count). The molecule has 0 aliphatic heterocycles. The fourth-order valence-corrected chi connectivity index (χ4v) is 2.56. The van der Waals surface area contributed by atoms with Crippen LogP contribution in [0.15, 0.2) is 11.4 Å². The normalized spacial score (nSPS) is 16.1. The molecule has 0 saturated heterocycles. The molecule has 18 heavy (non-hydrogen) atoms. The number of nitrogens with two attached hydrogens (primary N) is 1. The van der Waals surface area contributed by atoms with E-state index in [-0.39, 0.29) is 11.2 Å². The smallest absolute Gasteiger partial charge is 0.273 e. The van der Waals surface area contributed by atoms with Crippen molar-refractivity contribution in [2.45, 2.75) is 31.0 Å². The first-order chi connectivity index (χ1) is 8.48. The Hall–Kier alpha value is -1.74. The van der Waals surface area contributed by atoms with E-state index in [1.165, 1.54) is 0 Å². The number of aromatic amines is 1. The number of hydrogen-bond donors (Lipinski definition) is 2. The van der Waals surface area contributed by atoms with E-state index in [1.54, 1.807) is 10.8 Å². The SMILES string of the molecule is Cc1[nH]ncc1-c1nnc(S(N)(=O)=O)n1C1CC1. The van der Waals surface area contributed by atoms with Gasteiger partial charge in [-0.2, -0.15) is 5.10 Å². The Morgan fingerprint density at radius 3 is 2.67 bits per heavy atom. The predicted molar refractivity (Wildman–Crippen MR) is 62.0 cm³/mol. The van der Waals surface area contributed by atoms with Crippen LogP contribution in [-0.4, -0.2) is 33.4 Å². The van der Waals surface area contributed by atoms with Crippen LogP contribution in [0.3, 0.4) is 0 Å². The number of sulfonamides is 1. The lowest BCUT2D eigenvalue weighted by Crippen LogP contribution is -2.18. The quantitative estimate of drug-likeness (QED) is 0.809. The van der Waals surface area contributed by atoms with Crippen molar-refractivity contribution >= 4 is 10.0 Å². The lowest BCUT2D eigenvalue weighted by Gasteiger charge is -2.06. The summed E-state index contributed by atoms with van der Waals surface area (Å²) < 4.78 is 24.6. The molecule has 0 spiro atoms. The maximum atomic E-state index is 11.5. The maximum Gasteiger partial charge on any atom is 0.273 e. The van der Waals surface area contributed by atoms with E-state index in [9.17, 15) is 8.42 Å². The molecular weight excluding hydrogens is 256 g/mol. The average molecular weight is 268 g/mol. The van der Waals surface area contributed by atoms with Gasteiger partial charge in [0.1, 0.15) is 0 Å². The van der Waals surface area contributed by atoms with Crippen LogP contribution in [0.25, 0.3) is 11.4 Å². The predicted octanol–water partition coefficient (Wildman–Crippen LogP) is -0.0411. The average Bonchev–Trinajstić information content (AvgIpc) is 2.86. The number of primary sulfonamides is 1. The van der Waals surface area contributed by atoms with Crippen molar-refractivity contribution < 1.29 is 8.42 Å². The van der Waals surface area contributed by atoms with Gasteiger partial charge in [0.15, 0.2) is 5.82 Å². The summed E-state index contributed by atoms with van der Waals surface area (Å²) in [5.74, 6) is 0.493. The maximum absolute atomic E-state index is 11.5. The van der Waals surface area contributed by atoms with Crippen LogP contribution in [-0.2, 0) is 10.0 Å². The summed E-state index contributed by atoms with van der Waals surface area (Å²) in [6, 6.07) is 0.109. The van der Waals surface area contributed by atoms with E-state index in [1.807, 2.05) is 6.92 Å². The Labute approximate surface area is 103 Å². The lowest BCUT2D eigenvalue weighted by atomic mass is 10.2. The molecule has 1 saturated carbocycles. The first-order valence-electron chi connectivity index (χ1n) is 5.46. The van der Waals surface area contributed by atoms with Crippen LogP contribution in [0.1, 0.15) is 24.6 Å². The number of aromatic nitrogens is 5. The van der Waals surface area contributed by atoms with Crippen molar-refractivity contribution in [2.75, 3.05) is 0 Å². The highest BCUT2D eigenvalue weighted by Crippen LogP contribution is 2.39. The van der Waals surface area contributed by atoms with Gasteiger partial charge in [0, 0.05) is 11.7 Å². The Kier molecular flexibility index (Phi) is 2.29. The summed E-state index contributed by atoms with van der Waals surface area (Å²) in [4.78, 5) is 0. The number of aryl methyl sites for hydroxylation is 1. The van der Waals surface area contributed by atoms with Crippen LogP contribution in [0.4, 0.5) is 0 Å². The van der Waals surface area contributed by atoms with Crippen LogP contribution >= 0.6 is 0 Å². The standard InChI is InChI=1S/C9H12N6O2S/c1-5-7(4-11-12-5)8-13-14-9(18(10,16)17)15(8)6-2-3-6/h4,6H,2-3H2,1H3,(H,11,12)(H2,10,16,17). The molecule has 96 valence electrons. The number of hydrogen-bond acceptors (Lipinski definition) is 5. The van der Waals surface area contributed by atoms with E-state index >= 15 is 0 Å². The van der Waals surface area contributed by atoms with Crippen molar-refractivity contribution in [2.24, 2.45) is 5.14 Å². The van der Waals surface area contributed by atoms with Crippen LogP contribution < -0.4 is 5.14 Å². The zero-order chi connectivity index (χ0) is 12.9. The third-order valence-corrected chi connectivity index (χ3v) is 3.69. The minimum atomic E-state index is -3.86. The molecule has 0 unspecified atom stereocenters. The van der Waals surface area contributed by atoms with Gasteiger partial charge in [-0.15, -0.1) is 10.2 Å². The molecule has 8 nitrogen and oxygen atoms in total. The third kappa shape index (κ3) is 1.71. The second kappa shape index (κ2) is 3.62. The number of H-pyrrole nitrogens is 1. The summed E-state index contributed by atoms with van der Waals surface area (Å²) in [5, 5.41) is 19.3. The molecule has 1 aliphatic rings. The second-order valence-corrected chi connectivity index (χ2v) is 5.82. The van der Waals surface area contributed by atoms with E-state index in [2.05, 4.69) is 20.4 Å². The minimum Gasteiger partial charge on any atom is -0.294 e. The molecule has 1 aliphatic carbocycles. The molecule has 2 aromatic heterocycles. The van der Waals surface area contributed by atoms with Gasteiger partial charge in [0.2, 0.25) is 0 Å². The highest BCUT2D eigenvalue weighted by molar-refractivity contribution is 7.89. The largest absolute Gasteiger partial charge is 0.294 e. The molecule has 0 bridgehead atoms. The van der Waals surface area contributed by atoms with Crippen molar-refractivity contribution in [1.82, 2.24) is 25.0 Å². The fourth-order valence-electron chi connectivity index (χ4n) is 1.89. The van der Waals surface area contributed by atoms with Crippen molar-refractivity contribution in [3.05, 3.63) is 11.9 Å². The van der Waals surface area contributed by atoms with Crippen LogP contribution in [0, 0.1) is 6.92 Å². The Balaban J connectivity index is 2.23. The Bertz CT molecular complexity index is 696. The van der Waals surface area contributed by atoms with E-state index in [4.69, 9.17) is 5.14 Å². The molecule has 0 aromatic carbocycles. The summed E-state index contributed by atoms with van der Waals surface area (Å²) in [5.41, 5.74) is 1.55. The van der Waals surface area contributed by atoms with Crippen LogP contribution in [0.5, 0.6) is 0 Å². The third-order valence-electron chi connectivity index (χ3n) is 2.90. The molecule has 2 heterocycles. The molecule has 2 aromatic rings. The summed E-state index contributed by atoms with van der Waals surface area (Å²) in [6.07, 6.45) is 3.42. The topological polar surface area (TPSA) is 120 Å². The molecular formula is C9H12N6O2S. The molecule has 1 fully saturated rings. The molecule has 0 atom stereocenters. The zero-order valence-corrected chi connectivity index (χ0v) is 10.5. The van der Waals surface area contributed by atoms with Gasteiger partial charge in [-0.25, -0.2) is 13.6 Å². The Morgan fingerprint density at radius 1 is 1.44 bits per heavy atom. The highest BCUT2D eigenvalue weighted by Gasteiger charge is 2.34. The summed E-state index contributed by atoms with van der Waals surface area (Å²) in [6.45, 7) is 1.84. The van der Waals surface area contributed by atoms with Gasteiger partial charge >= 0.3 is 0 Å². The minimum absolute atomic E-state index is 0.109. The highest BCUT2D eigenvalue weighted by atomic mass is 32.2. The van der Waals surface area contributed by atoms with Crippen molar-refractivity contribution in [3.63, 3.8) is 0 Å². The van der Waals surface area contributed by atoms with E-state index < -0.39 is 10.0 Å². The number of nitrogens with zero attached hydrogens (tertiary/aromatic N) is 4. The molecule has 0 radical (unpaired) electrons. The van der Waals surface area contributed by atoms with Gasteiger partial charge in [0.05, 0.1) is 11.8 Å². The fraction of sp³-hybridized carbons (Fsp3) is 0.444. The second-order valence-electron chi connectivity index (χ2n) is 4.36. The first kappa shape index (κ1) is 11.4. The number of rotatable bonds is 3. The first-order valence-corrected chi connectivity index (χ1v) is 7.01. The van der Waals surface area contributed by atoms with Crippen LogP contribution in [0.2, 0.25) is 0 Å².